The van der Waals surface area contributed by atoms with Crippen molar-refractivity contribution in [2.45, 2.75) is 38.8 Å². The molecule has 2 rings (SSSR count). The highest BCUT2D eigenvalue weighted by Gasteiger charge is 2.29. The van der Waals surface area contributed by atoms with Crippen molar-refractivity contribution in [1.29, 1.82) is 0 Å². The number of carboxylic acid groups (broad SMARTS) is 1. The third kappa shape index (κ3) is 2.89. The first-order valence-corrected chi connectivity index (χ1v) is 6.68. The van der Waals surface area contributed by atoms with Crippen LogP contribution in [0.2, 0.25) is 0 Å². The number of benzene rings is 1. The summed E-state index contributed by atoms with van der Waals surface area (Å²) in [5, 5.41) is 12.5. The van der Waals surface area contributed by atoms with Gasteiger partial charge in [0.05, 0.1) is 7.11 Å². The summed E-state index contributed by atoms with van der Waals surface area (Å²) in [6, 6.07) is 5.63. The number of aliphatic carboxylic acids is 1. The highest BCUT2D eigenvalue weighted by atomic mass is 16.5. The molecule has 1 aliphatic rings. The van der Waals surface area contributed by atoms with Gasteiger partial charge in [-0.1, -0.05) is 19.9 Å². The van der Waals surface area contributed by atoms with Gasteiger partial charge < -0.3 is 9.84 Å². The molecule has 0 aliphatic heterocycles. The maximum atomic E-state index is 11.3. The molecule has 4 nitrogen and oxygen atoms in total. The molecule has 0 saturated heterocycles. The van der Waals surface area contributed by atoms with Gasteiger partial charge in [-0.15, -0.1) is 0 Å². The Hall–Kier alpha value is -1.55. The van der Waals surface area contributed by atoms with Crippen molar-refractivity contribution in [1.82, 2.24) is 5.32 Å². The highest BCUT2D eigenvalue weighted by molar-refractivity contribution is 5.73. The molecule has 19 heavy (non-hydrogen) atoms. The number of nitrogens with one attached hydrogen (secondary N) is 1. The molecular weight excluding hydrogens is 242 g/mol. The van der Waals surface area contributed by atoms with E-state index < -0.39 is 12.0 Å². The van der Waals surface area contributed by atoms with E-state index in [1.165, 1.54) is 11.1 Å². The normalized spacial score (nSPS) is 19.3. The second kappa shape index (κ2) is 5.61. The molecule has 1 aromatic carbocycles. The minimum atomic E-state index is -0.786. The maximum absolute atomic E-state index is 11.3. The number of fused-ring (bicyclic) bond motifs is 1. The SMILES string of the molecule is COc1ccc2c(c1)C(NC(C(=O)O)C(C)C)CC2. The smallest absolute Gasteiger partial charge is 0.320 e. The van der Waals surface area contributed by atoms with E-state index in [0.717, 1.165) is 18.6 Å². The van der Waals surface area contributed by atoms with Gasteiger partial charge in [0.25, 0.3) is 0 Å². The Labute approximate surface area is 113 Å². The summed E-state index contributed by atoms with van der Waals surface area (Å²) in [6.07, 6.45) is 1.93. The van der Waals surface area contributed by atoms with Crippen LogP contribution in [0.1, 0.15) is 37.4 Å². The molecule has 1 aliphatic carbocycles. The lowest BCUT2D eigenvalue weighted by atomic mass is 10.0. The third-order valence-electron chi connectivity index (χ3n) is 3.74. The van der Waals surface area contributed by atoms with Crippen LogP contribution in [0.5, 0.6) is 5.75 Å². The predicted octanol–water partition coefficient (Wildman–Crippen LogP) is 2.38. The number of ether oxygens (including phenoxy) is 1. The second-order valence-electron chi connectivity index (χ2n) is 5.38. The summed E-state index contributed by atoms with van der Waals surface area (Å²) in [6.45, 7) is 3.85. The lowest BCUT2D eigenvalue weighted by Crippen LogP contribution is -2.42. The molecule has 2 unspecified atom stereocenters. The minimum absolute atomic E-state index is 0.0622. The Morgan fingerprint density at radius 2 is 2.21 bits per heavy atom. The van der Waals surface area contributed by atoms with Crippen LogP contribution >= 0.6 is 0 Å². The fraction of sp³-hybridized carbons (Fsp3) is 0.533. The van der Waals surface area contributed by atoms with Crippen LogP contribution in [0.3, 0.4) is 0 Å². The van der Waals surface area contributed by atoms with Gasteiger partial charge in [0, 0.05) is 6.04 Å². The first kappa shape index (κ1) is 13.9. The van der Waals surface area contributed by atoms with Gasteiger partial charge in [-0.05, 0) is 42.0 Å². The van der Waals surface area contributed by atoms with E-state index >= 15 is 0 Å². The Kier molecular flexibility index (Phi) is 4.10. The molecule has 0 spiro atoms. The van der Waals surface area contributed by atoms with Gasteiger partial charge in [-0.3, -0.25) is 10.1 Å². The molecule has 0 aromatic heterocycles. The zero-order valence-corrected chi connectivity index (χ0v) is 11.6. The van der Waals surface area contributed by atoms with Gasteiger partial charge in [-0.2, -0.15) is 0 Å². The Morgan fingerprint density at radius 3 is 2.79 bits per heavy atom. The fourth-order valence-electron chi connectivity index (χ4n) is 2.65. The molecular formula is C15H21NO3. The summed E-state index contributed by atoms with van der Waals surface area (Å²) in [4.78, 5) is 11.3. The fourth-order valence-corrected chi connectivity index (χ4v) is 2.65. The zero-order valence-electron chi connectivity index (χ0n) is 11.6. The van der Waals surface area contributed by atoms with Crippen LogP contribution in [0, 0.1) is 5.92 Å². The summed E-state index contributed by atoms with van der Waals surface area (Å²) in [5.41, 5.74) is 2.46. The van der Waals surface area contributed by atoms with E-state index in [2.05, 4.69) is 11.4 Å². The van der Waals surface area contributed by atoms with Crippen LogP contribution in [-0.2, 0) is 11.2 Å². The standard InChI is InChI=1S/C15H21NO3/c1-9(2)14(15(17)18)16-13-7-5-10-4-6-11(19-3)8-12(10)13/h4,6,8-9,13-14,16H,5,7H2,1-3H3,(H,17,18). The van der Waals surface area contributed by atoms with Crippen LogP contribution < -0.4 is 10.1 Å². The largest absolute Gasteiger partial charge is 0.497 e. The molecule has 0 bridgehead atoms. The van der Waals surface area contributed by atoms with Gasteiger partial charge in [0.15, 0.2) is 0 Å². The van der Waals surface area contributed by atoms with Gasteiger partial charge in [0.2, 0.25) is 0 Å². The summed E-state index contributed by atoms with van der Waals surface area (Å²) in [5.74, 6) is 0.0994. The van der Waals surface area contributed by atoms with Crippen molar-refractivity contribution < 1.29 is 14.6 Å². The van der Waals surface area contributed by atoms with Crippen LogP contribution in [0.25, 0.3) is 0 Å². The Bertz CT molecular complexity index is 470. The topological polar surface area (TPSA) is 58.6 Å². The number of rotatable bonds is 5. The number of hydrogen-bond donors (Lipinski definition) is 2. The Morgan fingerprint density at radius 1 is 1.47 bits per heavy atom. The first-order chi connectivity index (χ1) is 9.02. The van der Waals surface area contributed by atoms with Crippen LogP contribution in [-0.4, -0.2) is 24.2 Å². The molecule has 104 valence electrons. The number of hydrogen-bond acceptors (Lipinski definition) is 3. The molecule has 2 atom stereocenters. The van der Waals surface area contributed by atoms with Gasteiger partial charge in [-0.25, -0.2) is 0 Å². The Balaban J connectivity index is 2.19. The minimum Gasteiger partial charge on any atom is -0.497 e. The number of methoxy groups -OCH3 is 1. The highest BCUT2D eigenvalue weighted by Crippen LogP contribution is 2.34. The lowest BCUT2D eigenvalue weighted by Gasteiger charge is -2.23. The van der Waals surface area contributed by atoms with E-state index in [1.54, 1.807) is 7.11 Å². The third-order valence-corrected chi connectivity index (χ3v) is 3.74. The monoisotopic (exact) mass is 263 g/mol. The number of carbonyl (C=O) groups is 1. The van der Waals surface area contributed by atoms with Crippen molar-refractivity contribution in [3.63, 3.8) is 0 Å². The first-order valence-electron chi connectivity index (χ1n) is 6.68. The molecule has 1 aromatic rings. The molecule has 0 saturated carbocycles. The molecule has 2 N–H and O–H groups in total. The van der Waals surface area contributed by atoms with Crippen molar-refractivity contribution in [2.24, 2.45) is 5.92 Å². The molecule has 0 fully saturated rings. The van der Waals surface area contributed by atoms with Crippen molar-refractivity contribution in [3.8, 4) is 5.75 Å². The number of carboxylic acids is 1. The summed E-state index contributed by atoms with van der Waals surface area (Å²) in [7, 11) is 1.65. The second-order valence-corrected chi connectivity index (χ2v) is 5.38. The maximum Gasteiger partial charge on any atom is 0.320 e. The summed E-state index contributed by atoms with van der Waals surface area (Å²) >= 11 is 0. The average molecular weight is 263 g/mol. The van der Waals surface area contributed by atoms with Crippen LogP contribution in [0.15, 0.2) is 18.2 Å². The number of aryl methyl sites for hydroxylation is 1. The van der Waals surface area contributed by atoms with E-state index in [4.69, 9.17) is 4.74 Å². The lowest BCUT2D eigenvalue weighted by molar-refractivity contribution is -0.140. The molecule has 0 amide bonds. The summed E-state index contributed by atoms with van der Waals surface area (Å²) < 4.78 is 5.24. The van der Waals surface area contributed by atoms with Crippen molar-refractivity contribution >= 4 is 5.97 Å². The van der Waals surface area contributed by atoms with Crippen molar-refractivity contribution in [3.05, 3.63) is 29.3 Å². The van der Waals surface area contributed by atoms with Gasteiger partial charge >= 0.3 is 5.97 Å². The zero-order chi connectivity index (χ0) is 14.0. The molecule has 0 heterocycles. The quantitative estimate of drug-likeness (QED) is 0.856. The van der Waals surface area contributed by atoms with E-state index in [1.807, 2.05) is 26.0 Å². The molecule has 4 heteroatoms. The average Bonchev–Trinajstić information content (AvgIpc) is 2.77. The molecule has 0 radical (unpaired) electrons. The predicted molar refractivity (Wildman–Crippen MR) is 73.5 cm³/mol. The van der Waals surface area contributed by atoms with E-state index in [0.29, 0.717) is 0 Å². The van der Waals surface area contributed by atoms with E-state index in [-0.39, 0.29) is 12.0 Å². The van der Waals surface area contributed by atoms with Gasteiger partial charge in [0.1, 0.15) is 11.8 Å². The van der Waals surface area contributed by atoms with Crippen molar-refractivity contribution in [2.75, 3.05) is 7.11 Å². The van der Waals surface area contributed by atoms with Crippen LogP contribution in [0.4, 0.5) is 0 Å². The van der Waals surface area contributed by atoms with E-state index in [9.17, 15) is 9.90 Å².